The van der Waals surface area contributed by atoms with E-state index in [1.807, 2.05) is 27.7 Å². The number of nitrogens with zero attached hydrogens (tertiary/aromatic N) is 2. The highest BCUT2D eigenvalue weighted by molar-refractivity contribution is 5.90. The Labute approximate surface area is 126 Å². The van der Waals surface area contributed by atoms with Gasteiger partial charge in [0.15, 0.2) is 0 Å². The van der Waals surface area contributed by atoms with Crippen LogP contribution in [-0.2, 0) is 9.59 Å². The fourth-order valence-corrected chi connectivity index (χ4v) is 1.70. The summed E-state index contributed by atoms with van der Waals surface area (Å²) < 4.78 is 1.80. The first-order valence-corrected chi connectivity index (χ1v) is 7.37. The van der Waals surface area contributed by atoms with E-state index in [4.69, 9.17) is 0 Å². The lowest BCUT2D eigenvalue weighted by Crippen LogP contribution is -2.36. The Morgan fingerprint density at radius 2 is 2.05 bits per heavy atom. The predicted octanol–water partition coefficient (Wildman–Crippen LogP) is 2.34. The number of nitrogens with one attached hydrogen (secondary N) is 2. The third-order valence-electron chi connectivity index (χ3n) is 3.26. The molecule has 1 unspecified atom stereocenters. The van der Waals surface area contributed by atoms with Crippen LogP contribution in [0.3, 0.4) is 0 Å². The van der Waals surface area contributed by atoms with E-state index < -0.39 is 5.41 Å². The molecule has 6 nitrogen and oxygen atoms in total. The van der Waals surface area contributed by atoms with E-state index >= 15 is 0 Å². The topological polar surface area (TPSA) is 76.0 Å². The van der Waals surface area contributed by atoms with Gasteiger partial charge in [-0.2, -0.15) is 5.10 Å². The standard InChI is InChI=1S/C15H26N4O2/c1-6-11(2)19-12(7-10-17-19)18-13(20)8-9-16-14(21)15(3,4)5/h7,10-11H,6,8-9H2,1-5H3,(H,16,21)(H,18,20). The van der Waals surface area contributed by atoms with Crippen molar-refractivity contribution in [2.45, 2.75) is 53.5 Å². The van der Waals surface area contributed by atoms with Gasteiger partial charge in [0.2, 0.25) is 11.8 Å². The smallest absolute Gasteiger partial charge is 0.227 e. The molecular formula is C15H26N4O2. The normalized spacial score (nSPS) is 12.8. The number of rotatable bonds is 6. The fourth-order valence-electron chi connectivity index (χ4n) is 1.70. The first-order valence-electron chi connectivity index (χ1n) is 7.37. The monoisotopic (exact) mass is 294 g/mol. The number of aromatic nitrogens is 2. The van der Waals surface area contributed by atoms with Gasteiger partial charge in [0.05, 0.1) is 12.2 Å². The van der Waals surface area contributed by atoms with Crippen LogP contribution in [0.5, 0.6) is 0 Å². The molecular weight excluding hydrogens is 268 g/mol. The van der Waals surface area contributed by atoms with Crippen molar-refractivity contribution >= 4 is 17.6 Å². The molecule has 21 heavy (non-hydrogen) atoms. The third kappa shape index (κ3) is 5.21. The Hall–Kier alpha value is -1.85. The Morgan fingerprint density at radius 1 is 1.38 bits per heavy atom. The van der Waals surface area contributed by atoms with Gasteiger partial charge >= 0.3 is 0 Å². The maximum Gasteiger partial charge on any atom is 0.227 e. The summed E-state index contributed by atoms with van der Waals surface area (Å²) in [5.41, 5.74) is -0.439. The Bertz CT molecular complexity index is 488. The van der Waals surface area contributed by atoms with Crippen LogP contribution >= 0.6 is 0 Å². The molecule has 2 amide bonds. The molecule has 0 saturated heterocycles. The molecule has 0 fully saturated rings. The largest absolute Gasteiger partial charge is 0.355 e. The Morgan fingerprint density at radius 3 is 2.62 bits per heavy atom. The van der Waals surface area contributed by atoms with Crippen LogP contribution in [0.2, 0.25) is 0 Å². The molecule has 1 atom stereocenters. The molecule has 0 spiro atoms. The van der Waals surface area contributed by atoms with Crippen molar-refractivity contribution in [1.29, 1.82) is 0 Å². The minimum absolute atomic E-state index is 0.0556. The summed E-state index contributed by atoms with van der Waals surface area (Å²) in [6, 6.07) is 2.01. The van der Waals surface area contributed by atoms with Gasteiger partial charge < -0.3 is 10.6 Å². The van der Waals surface area contributed by atoms with Gasteiger partial charge in [-0.05, 0) is 13.3 Å². The molecule has 1 aromatic heterocycles. The van der Waals surface area contributed by atoms with Gasteiger partial charge in [0.25, 0.3) is 0 Å². The lowest BCUT2D eigenvalue weighted by Gasteiger charge is -2.17. The van der Waals surface area contributed by atoms with E-state index in [9.17, 15) is 9.59 Å². The number of carbonyl (C=O) groups excluding carboxylic acids is 2. The van der Waals surface area contributed by atoms with Crippen molar-refractivity contribution in [3.8, 4) is 0 Å². The second kappa shape index (κ2) is 7.24. The van der Waals surface area contributed by atoms with Crippen molar-refractivity contribution in [2.24, 2.45) is 5.41 Å². The highest BCUT2D eigenvalue weighted by Gasteiger charge is 2.20. The average Bonchev–Trinajstić information content (AvgIpc) is 2.84. The zero-order valence-electron chi connectivity index (χ0n) is 13.6. The minimum atomic E-state index is -0.439. The highest BCUT2D eigenvalue weighted by Crippen LogP contribution is 2.16. The van der Waals surface area contributed by atoms with Gasteiger partial charge in [-0.1, -0.05) is 27.7 Å². The summed E-state index contributed by atoms with van der Waals surface area (Å²) in [6.45, 7) is 9.97. The van der Waals surface area contributed by atoms with Crippen LogP contribution in [0.1, 0.15) is 53.5 Å². The second-order valence-corrected chi connectivity index (χ2v) is 6.22. The van der Waals surface area contributed by atoms with E-state index in [0.717, 1.165) is 6.42 Å². The SMILES string of the molecule is CCC(C)n1nccc1NC(=O)CCNC(=O)C(C)(C)C. The van der Waals surface area contributed by atoms with Crippen molar-refractivity contribution in [1.82, 2.24) is 15.1 Å². The molecule has 118 valence electrons. The van der Waals surface area contributed by atoms with Crippen LogP contribution < -0.4 is 10.6 Å². The van der Waals surface area contributed by atoms with Gasteiger partial charge in [0, 0.05) is 24.4 Å². The zero-order valence-corrected chi connectivity index (χ0v) is 13.6. The number of carbonyl (C=O) groups is 2. The molecule has 1 heterocycles. The molecule has 0 aliphatic carbocycles. The molecule has 0 bridgehead atoms. The van der Waals surface area contributed by atoms with Gasteiger partial charge in [-0.25, -0.2) is 4.68 Å². The van der Waals surface area contributed by atoms with Gasteiger partial charge in [-0.15, -0.1) is 0 Å². The predicted molar refractivity (Wildman–Crippen MR) is 82.9 cm³/mol. The van der Waals surface area contributed by atoms with Crippen LogP contribution in [0, 0.1) is 5.41 Å². The molecule has 0 radical (unpaired) electrons. The molecule has 2 N–H and O–H groups in total. The van der Waals surface area contributed by atoms with Gasteiger partial charge in [0.1, 0.15) is 5.82 Å². The number of anilines is 1. The molecule has 0 aliphatic heterocycles. The van der Waals surface area contributed by atoms with E-state index in [2.05, 4.69) is 22.7 Å². The summed E-state index contributed by atoms with van der Waals surface area (Å²) in [5.74, 6) is 0.505. The Balaban J connectivity index is 2.45. The average molecular weight is 294 g/mol. The molecule has 0 aliphatic rings. The van der Waals surface area contributed by atoms with Crippen molar-refractivity contribution in [3.63, 3.8) is 0 Å². The van der Waals surface area contributed by atoms with Crippen LogP contribution in [0.25, 0.3) is 0 Å². The van der Waals surface area contributed by atoms with E-state index in [1.54, 1.807) is 16.9 Å². The summed E-state index contributed by atoms with van der Waals surface area (Å²) in [5, 5.41) is 9.80. The van der Waals surface area contributed by atoms with Crippen LogP contribution in [-0.4, -0.2) is 28.1 Å². The van der Waals surface area contributed by atoms with Gasteiger partial charge in [-0.3, -0.25) is 9.59 Å². The molecule has 1 rings (SSSR count). The van der Waals surface area contributed by atoms with E-state index in [1.165, 1.54) is 0 Å². The van der Waals surface area contributed by atoms with Crippen LogP contribution in [0.15, 0.2) is 12.3 Å². The quantitative estimate of drug-likeness (QED) is 0.845. The van der Waals surface area contributed by atoms with Crippen molar-refractivity contribution in [2.75, 3.05) is 11.9 Å². The summed E-state index contributed by atoms with van der Waals surface area (Å²) in [6.07, 6.45) is 2.85. The summed E-state index contributed by atoms with van der Waals surface area (Å²) in [7, 11) is 0. The second-order valence-electron chi connectivity index (χ2n) is 6.22. The van der Waals surface area contributed by atoms with Crippen LogP contribution in [0.4, 0.5) is 5.82 Å². The van der Waals surface area contributed by atoms with Crippen molar-refractivity contribution in [3.05, 3.63) is 12.3 Å². The molecule has 6 heteroatoms. The lowest BCUT2D eigenvalue weighted by molar-refractivity contribution is -0.128. The number of amides is 2. The molecule has 0 saturated carbocycles. The maximum absolute atomic E-state index is 11.9. The summed E-state index contributed by atoms with van der Waals surface area (Å²) in [4.78, 5) is 23.6. The first-order chi connectivity index (χ1) is 9.75. The number of hydrogen-bond donors (Lipinski definition) is 2. The Kier molecular flexibility index (Phi) is 5.93. The zero-order chi connectivity index (χ0) is 16.0. The summed E-state index contributed by atoms with van der Waals surface area (Å²) >= 11 is 0. The highest BCUT2D eigenvalue weighted by atomic mass is 16.2. The lowest BCUT2D eigenvalue weighted by atomic mass is 9.96. The van der Waals surface area contributed by atoms with E-state index in [-0.39, 0.29) is 24.3 Å². The fraction of sp³-hybridized carbons (Fsp3) is 0.667. The van der Waals surface area contributed by atoms with Crippen molar-refractivity contribution < 1.29 is 9.59 Å². The molecule has 1 aromatic rings. The minimum Gasteiger partial charge on any atom is -0.355 e. The maximum atomic E-state index is 11.9. The van der Waals surface area contributed by atoms with E-state index in [0.29, 0.717) is 12.4 Å². The first kappa shape index (κ1) is 17.2. The third-order valence-corrected chi connectivity index (χ3v) is 3.26. The molecule has 0 aromatic carbocycles. The number of hydrogen-bond acceptors (Lipinski definition) is 3.